The molecule has 2 aromatic carbocycles. The minimum atomic E-state index is -0.211. The highest BCUT2D eigenvalue weighted by Gasteiger charge is 2.22. The molecule has 1 aliphatic heterocycles. The van der Waals surface area contributed by atoms with Crippen molar-refractivity contribution in [2.24, 2.45) is 0 Å². The summed E-state index contributed by atoms with van der Waals surface area (Å²) in [6.07, 6.45) is 5.32. The molecule has 31 heavy (non-hydrogen) atoms. The standard InChI is InChI=1S/C26H28FN3O/c1-17(2)21-12-7-18(3)14-24(21)31-16-25-28-30-15-23(19-8-10-20(27)11-9-19)22-6-4-5-13-29(25)26(22)30/h7-12,14-15,17H,4-6,13,16H2,1-3H3. The van der Waals surface area contributed by atoms with Gasteiger partial charge in [-0.25, -0.2) is 8.91 Å². The van der Waals surface area contributed by atoms with Gasteiger partial charge in [0.25, 0.3) is 0 Å². The molecule has 0 fully saturated rings. The molecule has 3 heterocycles. The van der Waals surface area contributed by atoms with Crippen LogP contribution in [0.5, 0.6) is 5.75 Å². The minimum absolute atomic E-state index is 0.211. The Kier molecular flexibility index (Phi) is 5.05. The van der Waals surface area contributed by atoms with Crippen LogP contribution in [0.3, 0.4) is 0 Å². The molecule has 0 spiro atoms. The summed E-state index contributed by atoms with van der Waals surface area (Å²) in [7, 11) is 0. The van der Waals surface area contributed by atoms with Crippen LogP contribution in [0.4, 0.5) is 4.39 Å². The van der Waals surface area contributed by atoms with Crippen molar-refractivity contribution in [1.29, 1.82) is 0 Å². The fraction of sp³-hybridized carbons (Fsp3) is 0.346. The lowest BCUT2D eigenvalue weighted by Crippen LogP contribution is -2.08. The summed E-state index contributed by atoms with van der Waals surface area (Å²) in [6, 6.07) is 13.2. The van der Waals surface area contributed by atoms with Gasteiger partial charge in [-0.1, -0.05) is 38.1 Å². The third kappa shape index (κ3) is 3.62. The van der Waals surface area contributed by atoms with E-state index in [0.29, 0.717) is 12.5 Å². The fourth-order valence-electron chi connectivity index (χ4n) is 4.61. The Labute approximate surface area is 182 Å². The summed E-state index contributed by atoms with van der Waals surface area (Å²) < 4.78 is 24.0. The number of aromatic nitrogens is 3. The molecule has 0 saturated heterocycles. The predicted molar refractivity (Wildman–Crippen MR) is 121 cm³/mol. The molecule has 4 aromatic rings. The van der Waals surface area contributed by atoms with Crippen LogP contribution in [0.2, 0.25) is 0 Å². The third-order valence-electron chi connectivity index (χ3n) is 6.22. The first-order valence-corrected chi connectivity index (χ1v) is 11.1. The van der Waals surface area contributed by atoms with E-state index < -0.39 is 0 Å². The lowest BCUT2D eigenvalue weighted by atomic mass is 10.0. The quantitative estimate of drug-likeness (QED) is 0.382. The second kappa shape index (κ2) is 7.88. The minimum Gasteiger partial charge on any atom is -0.485 e. The second-order valence-electron chi connectivity index (χ2n) is 8.81. The molecule has 0 radical (unpaired) electrons. The Morgan fingerprint density at radius 1 is 1.10 bits per heavy atom. The van der Waals surface area contributed by atoms with Crippen LogP contribution in [0.15, 0.2) is 48.7 Å². The number of nitrogens with zero attached hydrogens (tertiary/aromatic N) is 3. The van der Waals surface area contributed by atoms with Gasteiger partial charge in [0.05, 0.1) is 0 Å². The molecule has 5 heteroatoms. The van der Waals surface area contributed by atoms with Crippen molar-refractivity contribution in [3.63, 3.8) is 0 Å². The van der Waals surface area contributed by atoms with Crippen LogP contribution in [0.1, 0.15) is 55.1 Å². The van der Waals surface area contributed by atoms with Crippen LogP contribution in [0.25, 0.3) is 16.8 Å². The Balaban J connectivity index is 1.51. The highest BCUT2D eigenvalue weighted by atomic mass is 19.1. The van der Waals surface area contributed by atoms with E-state index in [4.69, 9.17) is 9.84 Å². The zero-order valence-electron chi connectivity index (χ0n) is 18.4. The van der Waals surface area contributed by atoms with Gasteiger partial charge in [-0.3, -0.25) is 0 Å². The number of benzene rings is 2. The van der Waals surface area contributed by atoms with Crippen LogP contribution in [-0.2, 0) is 19.6 Å². The summed E-state index contributed by atoms with van der Waals surface area (Å²) in [5.41, 5.74) is 7.03. The van der Waals surface area contributed by atoms with E-state index in [0.717, 1.165) is 54.2 Å². The second-order valence-corrected chi connectivity index (χ2v) is 8.81. The van der Waals surface area contributed by atoms with E-state index in [-0.39, 0.29) is 5.82 Å². The smallest absolute Gasteiger partial charge is 0.169 e. The molecule has 0 aliphatic carbocycles. The summed E-state index contributed by atoms with van der Waals surface area (Å²) >= 11 is 0. The monoisotopic (exact) mass is 417 g/mol. The molecule has 160 valence electrons. The van der Waals surface area contributed by atoms with E-state index in [1.807, 2.05) is 16.6 Å². The maximum atomic E-state index is 13.4. The Morgan fingerprint density at radius 2 is 1.90 bits per heavy atom. The van der Waals surface area contributed by atoms with Crippen molar-refractivity contribution >= 4 is 5.65 Å². The third-order valence-corrected chi connectivity index (χ3v) is 6.22. The van der Waals surface area contributed by atoms with E-state index in [1.165, 1.54) is 28.8 Å². The molecule has 5 rings (SSSR count). The molecule has 2 aromatic heterocycles. The first kappa shape index (κ1) is 19.9. The maximum Gasteiger partial charge on any atom is 0.169 e. The number of ether oxygens (including phenoxy) is 1. The number of aryl methyl sites for hydroxylation is 3. The molecule has 0 saturated carbocycles. The SMILES string of the molecule is Cc1ccc(C(C)C)c(OCc2nn3cc(-c4ccc(F)cc4)c4c3n2CCCC4)c1. The molecular formula is C26H28FN3O. The molecule has 0 atom stereocenters. The van der Waals surface area contributed by atoms with Crippen LogP contribution in [-0.4, -0.2) is 14.2 Å². The first-order valence-electron chi connectivity index (χ1n) is 11.1. The number of halogens is 1. The largest absolute Gasteiger partial charge is 0.485 e. The van der Waals surface area contributed by atoms with Gasteiger partial charge in [-0.15, -0.1) is 5.10 Å². The van der Waals surface area contributed by atoms with Gasteiger partial charge in [0.15, 0.2) is 5.82 Å². The Hall–Kier alpha value is -3.08. The van der Waals surface area contributed by atoms with Crippen LogP contribution >= 0.6 is 0 Å². The zero-order valence-corrected chi connectivity index (χ0v) is 18.4. The molecule has 0 amide bonds. The van der Waals surface area contributed by atoms with Crippen molar-refractivity contribution in [3.05, 3.63) is 77.0 Å². The highest BCUT2D eigenvalue weighted by molar-refractivity contribution is 5.75. The Bertz CT molecular complexity index is 1230. The molecule has 1 aliphatic rings. The maximum absolute atomic E-state index is 13.4. The Morgan fingerprint density at radius 3 is 2.68 bits per heavy atom. The summed E-state index contributed by atoms with van der Waals surface area (Å²) in [4.78, 5) is 0. The topological polar surface area (TPSA) is 31.5 Å². The van der Waals surface area contributed by atoms with Crippen molar-refractivity contribution in [2.75, 3.05) is 0 Å². The number of hydrogen-bond acceptors (Lipinski definition) is 2. The van der Waals surface area contributed by atoms with Gasteiger partial charge in [0.2, 0.25) is 0 Å². The number of hydrogen-bond donors (Lipinski definition) is 0. The first-order chi connectivity index (χ1) is 15.0. The van der Waals surface area contributed by atoms with Gasteiger partial charge in [0.1, 0.15) is 23.8 Å². The summed E-state index contributed by atoms with van der Waals surface area (Å²) in [5.74, 6) is 2.08. The lowest BCUT2D eigenvalue weighted by molar-refractivity contribution is 0.284. The van der Waals surface area contributed by atoms with E-state index in [2.05, 4.69) is 49.7 Å². The number of rotatable bonds is 5. The lowest BCUT2D eigenvalue weighted by Gasteiger charge is -2.15. The van der Waals surface area contributed by atoms with Gasteiger partial charge in [-0.05, 0) is 67.0 Å². The van der Waals surface area contributed by atoms with Crippen LogP contribution in [0, 0.1) is 12.7 Å². The van der Waals surface area contributed by atoms with Crippen LogP contribution < -0.4 is 4.74 Å². The van der Waals surface area contributed by atoms with E-state index in [1.54, 1.807) is 0 Å². The molecule has 4 nitrogen and oxygen atoms in total. The van der Waals surface area contributed by atoms with Crippen molar-refractivity contribution in [2.45, 2.75) is 59.1 Å². The van der Waals surface area contributed by atoms with Crippen molar-refractivity contribution < 1.29 is 9.13 Å². The molecule has 0 bridgehead atoms. The molecule has 0 N–H and O–H groups in total. The van der Waals surface area contributed by atoms with Gasteiger partial charge in [0, 0.05) is 23.9 Å². The van der Waals surface area contributed by atoms with Gasteiger partial charge < -0.3 is 9.30 Å². The van der Waals surface area contributed by atoms with E-state index in [9.17, 15) is 4.39 Å². The average molecular weight is 418 g/mol. The highest BCUT2D eigenvalue weighted by Crippen LogP contribution is 2.34. The summed E-state index contributed by atoms with van der Waals surface area (Å²) in [6.45, 7) is 7.85. The molecular weight excluding hydrogens is 389 g/mol. The predicted octanol–water partition coefficient (Wildman–Crippen LogP) is 6.29. The zero-order chi connectivity index (χ0) is 21.5. The van der Waals surface area contributed by atoms with Crippen molar-refractivity contribution in [3.8, 4) is 16.9 Å². The summed E-state index contributed by atoms with van der Waals surface area (Å²) in [5, 5.41) is 4.88. The molecule has 0 unspecified atom stereocenters. The van der Waals surface area contributed by atoms with Crippen molar-refractivity contribution in [1.82, 2.24) is 14.2 Å². The van der Waals surface area contributed by atoms with Gasteiger partial charge >= 0.3 is 0 Å². The fourth-order valence-corrected chi connectivity index (χ4v) is 4.61. The normalized spacial score (nSPS) is 13.7. The van der Waals surface area contributed by atoms with Gasteiger partial charge in [-0.2, -0.15) is 0 Å². The van der Waals surface area contributed by atoms with E-state index >= 15 is 0 Å². The average Bonchev–Trinajstić information content (AvgIpc) is 3.16.